The van der Waals surface area contributed by atoms with Crippen LogP contribution in [0.4, 0.5) is 0 Å². The minimum absolute atomic E-state index is 0.236. The molecule has 0 N–H and O–H groups in total. The van der Waals surface area contributed by atoms with E-state index in [0.717, 1.165) is 49.3 Å². The van der Waals surface area contributed by atoms with Crippen molar-refractivity contribution in [2.45, 2.75) is 32.1 Å². The molecule has 1 aromatic carbocycles. The number of pyridine rings is 1. The minimum Gasteiger partial charge on any atom is -0.371 e. The number of rotatable bonds is 5. The number of hydrogen-bond donors (Lipinski definition) is 0. The SMILES string of the molecule is N#Cc1ccccc1CN1CCC[C@@H](OCc2ccccn2)C1. The molecular weight excluding hydrogens is 286 g/mol. The van der Waals surface area contributed by atoms with Crippen molar-refractivity contribution in [2.75, 3.05) is 13.1 Å². The third kappa shape index (κ3) is 4.38. The van der Waals surface area contributed by atoms with E-state index in [2.05, 4.69) is 16.0 Å². The Morgan fingerprint density at radius 3 is 2.91 bits per heavy atom. The normalized spacial score (nSPS) is 18.5. The number of likely N-dealkylation sites (tertiary alicyclic amines) is 1. The molecule has 0 bridgehead atoms. The van der Waals surface area contributed by atoms with Crippen LogP contribution >= 0.6 is 0 Å². The van der Waals surface area contributed by atoms with Crippen molar-refractivity contribution in [3.05, 3.63) is 65.5 Å². The standard InChI is InChI=1S/C19H21N3O/c20-12-16-6-1-2-7-17(16)13-22-11-5-9-19(14-22)23-15-18-8-3-4-10-21-18/h1-4,6-8,10,19H,5,9,11,13-15H2/t19-/m1/s1. The Morgan fingerprint density at radius 1 is 1.22 bits per heavy atom. The third-order valence-corrected chi connectivity index (χ3v) is 4.19. The Hall–Kier alpha value is -2.22. The van der Waals surface area contributed by atoms with Crippen LogP contribution in [0.3, 0.4) is 0 Å². The minimum atomic E-state index is 0.236. The van der Waals surface area contributed by atoms with Gasteiger partial charge in [0, 0.05) is 19.3 Å². The van der Waals surface area contributed by atoms with E-state index >= 15 is 0 Å². The number of nitrogens with zero attached hydrogens (tertiary/aromatic N) is 3. The van der Waals surface area contributed by atoms with Crippen LogP contribution in [-0.4, -0.2) is 29.1 Å². The lowest BCUT2D eigenvalue weighted by atomic mass is 10.0. The van der Waals surface area contributed by atoms with Crippen molar-refractivity contribution < 1.29 is 4.74 Å². The number of ether oxygens (including phenoxy) is 1. The van der Waals surface area contributed by atoms with Crippen LogP contribution in [0, 0.1) is 11.3 Å². The summed E-state index contributed by atoms with van der Waals surface area (Å²) in [7, 11) is 0. The van der Waals surface area contributed by atoms with Crippen molar-refractivity contribution in [1.82, 2.24) is 9.88 Å². The van der Waals surface area contributed by atoms with Gasteiger partial charge in [0.1, 0.15) is 0 Å². The fourth-order valence-electron chi connectivity index (χ4n) is 2.99. The van der Waals surface area contributed by atoms with Crippen molar-refractivity contribution in [3.63, 3.8) is 0 Å². The molecule has 1 fully saturated rings. The molecule has 0 amide bonds. The van der Waals surface area contributed by atoms with Crippen molar-refractivity contribution in [1.29, 1.82) is 5.26 Å². The maximum atomic E-state index is 9.21. The van der Waals surface area contributed by atoms with Crippen LogP contribution in [0.15, 0.2) is 48.7 Å². The average molecular weight is 307 g/mol. The second-order valence-corrected chi connectivity index (χ2v) is 5.90. The third-order valence-electron chi connectivity index (χ3n) is 4.19. The molecule has 1 atom stereocenters. The number of aromatic nitrogens is 1. The maximum Gasteiger partial charge on any atom is 0.0995 e. The Labute approximate surface area is 137 Å². The van der Waals surface area contributed by atoms with E-state index in [0.29, 0.717) is 6.61 Å². The summed E-state index contributed by atoms with van der Waals surface area (Å²) in [6.07, 6.45) is 4.25. The molecule has 0 radical (unpaired) electrons. The van der Waals surface area contributed by atoms with Crippen LogP contribution in [0.5, 0.6) is 0 Å². The van der Waals surface area contributed by atoms with Gasteiger partial charge in [-0.1, -0.05) is 24.3 Å². The molecule has 1 aliphatic rings. The number of nitriles is 1. The molecule has 23 heavy (non-hydrogen) atoms. The lowest BCUT2D eigenvalue weighted by Crippen LogP contribution is -2.39. The first-order chi connectivity index (χ1) is 11.3. The van der Waals surface area contributed by atoms with E-state index in [-0.39, 0.29) is 6.10 Å². The molecule has 4 heteroatoms. The summed E-state index contributed by atoms with van der Waals surface area (Å²) in [4.78, 5) is 6.68. The Kier molecular flexibility index (Phi) is 5.36. The maximum absolute atomic E-state index is 9.21. The quantitative estimate of drug-likeness (QED) is 0.851. The Morgan fingerprint density at radius 2 is 2.09 bits per heavy atom. The summed E-state index contributed by atoms with van der Waals surface area (Å²) in [5.74, 6) is 0. The van der Waals surface area contributed by atoms with Crippen molar-refractivity contribution >= 4 is 0 Å². The van der Waals surface area contributed by atoms with E-state index < -0.39 is 0 Å². The Balaban J connectivity index is 1.55. The van der Waals surface area contributed by atoms with Gasteiger partial charge >= 0.3 is 0 Å². The van der Waals surface area contributed by atoms with E-state index in [1.165, 1.54) is 0 Å². The molecule has 0 saturated carbocycles. The van der Waals surface area contributed by atoms with Crippen molar-refractivity contribution in [3.8, 4) is 6.07 Å². The first-order valence-corrected chi connectivity index (χ1v) is 8.07. The smallest absolute Gasteiger partial charge is 0.0995 e. The molecule has 2 heterocycles. The van der Waals surface area contributed by atoms with Crippen LogP contribution in [0.1, 0.15) is 29.7 Å². The van der Waals surface area contributed by atoms with Gasteiger partial charge < -0.3 is 4.74 Å². The monoisotopic (exact) mass is 307 g/mol. The number of benzene rings is 1. The molecule has 4 nitrogen and oxygen atoms in total. The molecule has 2 aromatic rings. The zero-order chi connectivity index (χ0) is 15.9. The number of hydrogen-bond acceptors (Lipinski definition) is 4. The van der Waals surface area contributed by atoms with Gasteiger partial charge in [-0.2, -0.15) is 5.26 Å². The zero-order valence-electron chi connectivity index (χ0n) is 13.2. The average Bonchev–Trinajstić information content (AvgIpc) is 2.62. The van der Waals surface area contributed by atoms with Gasteiger partial charge in [-0.15, -0.1) is 0 Å². The predicted molar refractivity (Wildman–Crippen MR) is 88.5 cm³/mol. The highest BCUT2D eigenvalue weighted by Gasteiger charge is 2.21. The summed E-state index contributed by atoms with van der Waals surface area (Å²) < 4.78 is 6.02. The molecule has 1 saturated heterocycles. The van der Waals surface area contributed by atoms with Gasteiger partial charge in [0.15, 0.2) is 0 Å². The summed E-state index contributed by atoms with van der Waals surface area (Å²) >= 11 is 0. The molecule has 3 rings (SSSR count). The number of piperidine rings is 1. The van der Waals surface area contributed by atoms with E-state index in [1.807, 2.05) is 42.5 Å². The van der Waals surface area contributed by atoms with Crippen LogP contribution in [0.2, 0.25) is 0 Å². The van der Waals surface area contributed by atoms with E-state index in [9.17, 15) is 5.26 Å². The molecule has 1 aromatic heterocycles. The summed E-state index contributed by atoms with van der Waals surface area (Å²) in [6.45, 7) is 3.34. The lowest BCUT2D eigenvalue weighted by Gasteiger charge is -2.32. The second-order valence-electron chi connectivity index (χ2n) is 5.90. The van der Waals surface area contributed by atoms with Gasteiger partial charge in [-0.05, 0) is 43.1 Å². The van der Waals surface area contributed by atoms with E-state index in [4.69, 9.17) is 4.74 Å². The molecule has 0 aliphatic carbocycles. The molecule has 0 spiro atoms. The predicted octanol–water partition coefficient (Wildman–Crippen LogP) is 3.13. The second kappa shape index (κ2) is 7.87. The van der Waals surface area contributed by atoms with Gasteiger partial charge in [0.25, 0.3) is 0 Å². The molecule has 1 aliphatic heterocycles. The van der Waals surface area contributed by atoms with Gasteiger partial charge in [-0.25, -0.2) is 0 Å². The largest absolute Gasteiger partial charge is 0.371 e. The summed E-state index contributed by atoms with van der Waals surface area (Å²) in [5, 5.41) is 9.21. The highest BCUT2D eigenvalue weighted by Crippen LogP contribution is 2.18. The van der Waals surface area contributed by atoms with Crippen LogP contribution in [0.25, 0.3) is 0 Å². The van der Waals surface area contributed by atoms with Gasteiger partial charge in [-0.3, -0.25) is 9.88 Å². The Bertz CT molecular complexity index is 666. The van der Waals surface area contributed by atoms with Crippen LogP contribution in [-0.2, 0) is 17.9 Å². The first kappa shape index (κ1) is 15.7. The fraction of sp³-hybridized carbons (Fsp3) is 0.368. The zero-order valence-corrected chi connectivity index (χ0v) is 13.2. The van der Waals surface area contributed by atoms with Crippen LogP contribution < -0.4 is 0 Å². The summed E-state index contributed by atoms with van der Waals surface area (Å²) in [5.41, 5.74) is 2.84. The molecule has 0 unspecified atom stereocenters. The molecule has 118 valence electrons. The fourth-order valence-corrected chi connectivity index (χ4v) is 2.99. The highest BCUT2D eigenvalue weighted by molar-refractivity contribution is 5.37. The van der Waals surface area contributed by atoms with Gasteiger partial charge in [0.2, 0.25) is 0 Å². The first-order valence-electron chi connectivity index (χ1n) is 8.07. The van der Waals surface area contributed by atoms with Crippen molar-refractivity contribution in [2.24, 2.45) is 0 Å². The topological polar surface area (TPSA) is 49.2 Å². The van der Waals surface area contributed by atoms with Gasteiger partial charge in [0.05, 0.1) is 30.0 Å². The summed E-state index contributed by atoms with van der Waals surface area (Å²) in [6, 6.07) is 16.0. The lowest BCUT2D eigenvalue weighted by molar-refractivity contribution is -0.0132. The van der Waals surface area contributed by atoms with E-state index in [1.54, 1.807) is 6.20 Å². The molecular formula is C19H21N3O. The highest BCUT2D eigenvalue weighted by atomic mass is 16.5.